The van der Waals surface area contributed by atoms with Gasteiger partial charge in [0.25, 0.3) is 0 Å². The van der Waals surface area contributed by atoms with Crippen molar-refractivity contribution in [3.63, 3.8) is 0 Å². The van der Waals surface area contributed by atoms with E-state index in [0.717, 1.165) is 30.6 Å². The Kier molecular flexibility index (Phi) is 5.58. The average molecular weight is 341 g/mol. The van der Waals surface area contributed by atoms with Gasteiger partial charge in [-0.15, -0.1) is 0 Å². The molecule has 6 heteroatoms. The first-order valence-corrected chi connectivity index (χ1v) is 8.75. The van der Waals surface area contributed by atoms with Crippen LogP contribution >= 0.6 is 0 Å². The second-order valence-corrected chi connectivity index (χ2v) is 6.63. The second-order valence-electron chi connectivity index (χ2n) is 6.63. The molecule has 3 rings (SSSR count). The Balaban J connectivity index is 1.49. The second kappa shape index (κ2) is 8.05. The van der Waals surface area contributed by atoms with Crippen LogP contribution in [0, 0.1) is 5.92 Å². The number of ether oxygens (including phenoxy) is 1. The van der Waals surface area contributed by atoms with Crippen LogP contribution in [-0.4, -0.2) is 41.1 Å². The van der Waals surface area contributed by atoms with Crippen LogP contribution in [0.25, 0.3) is 0 Å². The van der Waals surface area contributed by atoms with E-state index in [9.17, 15) is 0 Å². The monoisotopic (exact) mass is 341 g/mol. The molecule has 0 bridgehead atoms. The van der Waals surface area contributed by atoms with Crippen molar-refractivity contribution in [3.05, 3.63) is 47.9 Å². The Morgan fingerprint density at radius 3 is 2.84 bits per heavy atom. The molecule has 2 aromatic rings. The van der Waals surface area contributed by atoms with Crippen LogP contribution in [0.2, 0.25) is 0 Å². The largest absolute Gasteiger partial charge is 0.477 e. The first kappa shape index (κ1) is 17.3. The zero-order valence-electron chi connectivity index (χ0n) is 15.3. The predicted molar refractivity (Wildman–Crippen MR) is 99.5 cm³/mol. The van der Waals surface area contributed by atoms with Gasteiger partial charge in [0.2, 0.25) is 5.88 Å². The topological polar surface area (TPSA) is 54.7 Å². The zero-order valence-corrected chi connectivity index (χ0v) is 15.3. The smallest absolute Gasteiger partial charge is 0.213 e. The molecule has 1 saturated carbocycles. The fourth-order valence-corrected chi connectivity index (χ4v) is 2.63. The van der Waals surface area contributed by atoms with Crippen molar-refractivity contribution in [2.75, 3.05) is 20.7 Å². The number of aryl methyl sites for hydroxylation is 1. The van der Waals surface area contributed by atoms with E-state index in [2.05, 4.69) is 50.1 Å². The predicted octanol–water partition coefficient (Wildman–Crippen LogP) is 2.42. The number of hydrogen-bond donors (Lipinski definition) is 1. The normalized spacial score (nSPS) is 14.4. The van der Waals surface area contributed by atoms with Crippen molar-refractivity contribution in [1.29, 1.82) is 0 Å². The lowest BCUT2D eigenvalue weighted by Gasteiger charge is -2.22. The summed E-state index contributed by atoms with van der Waals surface area (Å²) < 4.78 is 7.79. The van der Waals surface area contributed by atoms with Gasteiger partial charge in [-0.05, 0) is 36.5 Å². The minimum absolute atomic E-state index is 0.681. The lowest BCUT2D eigenvalue weighted by Crippen LogP contribution is -2.38. The van der Waals surface area contributed by atoms with Gasteiger partial charge in [-0.2, -0.15) is 0 Å². The summed E-state index contributed by atoms with van der Waals surface area (Å²) in [4.78, 5) is 10.9. The number of aromatic nitrogens is 2. The molecule has 2 aromatic heterocycles. The Morgan fingerprint density at radius 1 is 1.40 bits per heavy atom. The van der Waals surface area contributed by atoms with E-state index in [1.165, 1.54) is 18.5 Å². The number of nitrogens with one attached hydrogen (secondary N) is 1. The Morgan fingerprint density at radius 2 is 2.24 bits per heavy atom. The van der Waals surface area contributed by atoms with Gasteiger partial charge in [-0.1, -0.05) is 6.07 Å². The summed E-state index contributed by atoms with van der Waals surface area (Å²) >= 11 is 0. The van der Waals surface area contributed by atoms with Gasteiger partial charge in [-0.3, -0.25) is 4.99 Å². The minimum atomic E-state index is 0.681. The molecule has 0 aliphatic heterocycles. The number of nitrogens with zero attached hydrogens (tertiary/aromatic N) is 4. The molecule has 0 unspecified atom stereocenters. The Bertz CT molecular complexity index is 703. The van der Waals surface area contributed by atoms with Gasteiger partial charge in [0.1, 0.15) is 0 Å². The molecule has 0 radical (unpaired) electrons. The quantitative estimate of drug-likeness (QED) is 0.621. The summed E-state index contributed by atoms with van der Waals surface area (Å²) in [6.45, 7) is 2.27. The van der Waals surface area contributed by atoms with Gasteiger partial charge in [0, 0.05) is 51.8 Å². The molecule has 1 N–H and O–H groups in total. The molecule has 1 fully saturated rings. The van der Waals surface area contributed by atoms with Crippen molar-refractivity contribution in [2.45, 2.75) is 25.9 Å². The van der Waals surface area contributed by atoms with Crippen LogP contribution in [-0.2, 0) is 20.1 Å². The van der Waals surface area contributed by atoms with E-state index in [1.54, 1.807) is 7.05 Å². The summed E-state index contributed by atoms with van der Waals surface area (Å²) in [5, 5.41) is 3.38. The molecule has 0 atom stereocenters. The summed E-state index contributed by atoms with van der Waals surface area (Å²) in [5.74, 6) is 2.31. The number of pyridine rings is 1. The molecule has 1 aliphatic carbocycles. The number of rotatable bonds is 7. The summed E-state index contributed by atoms with van der Waals surface area (Å²) in [6.07, 6.45) is 6.49. The van der Waals surface area contributed by atoms with Crippen LogP contribution < -0.4 is 10.1 Å². The number of guanidine groups is 1. The molecule has 2 heterocycles. The standard InChI is InChI=1S/C19H27N5O/c1-20-19(24(3)13-17-5-4-10-23(17)2)22-12-16-8-9-18(21-11-16)25-14-15-6-7-15/h4-5,8-11,15H,6-7,12-14H2,1-3H3,(H,20,22). The van der Waals surface area contributed by atoms with E-state index in [0.29, 0.717) is 12.4 Å². The van der Waals surface area contributed by atoms with Gasteiger partial charge in [-0.25, -0.2) is 4.98 Å². The molecular formula is C19H27N5O. The lowest BCUT2D eigenvalue weighted by atomic mass is 10.3. The van der Waals surface area contributed by atoms with E-state index in [4.69, 9.17) is 4.74 Å². The fraction of sp³-hybridized carbons (Fsp3) is 0.474. The third-order valence-corrected chi connectivity index (χ3v) is 4.44. The zero-order chi connectivity index (χ0) is 17.6. The maximum absolute atomic E-state index is 5.67. The van der Waals surface area contributed by atoms with Gasteiger partial charge >= 0.3 is 0 Å². The summed E-state index contributed by atoms with van der Waals surface area (Å²) in [5.41, 5.74) is 2.34. The minimum Gasteiger partial charge on any atom is -0.477 e. The number of hydrogen-bond acceptors (Lipinski definition) is 3. The molecule has 1 aliphatic rings. The maximum atomic E-state index is 5.67. The highest BCUT2D eigenvalue weighted by molar-refractivity contribution is 5.79. The van der Waals surface area contributed by atoms with Crippen molar-refractivity contribution >= 4 is 5.96 Å². The molecule has 134 valence electrons. The Hall–Kier alpha value is -2.50. The van der Waals surface area contributed by atoms with Gasteiger partial charge < -0.3 is 19.5 Å². The van der Waals surface area contributed by atoms with Crippen molar-refractivity contribution < 1.29 is 4.74 Å². The fourth-order valence-electron chi connectivity index (χ4n) is 2.63. The van der Waals surface area contributed by atoms with Crippen LogP contribution in [0.3, 0.4) is 0 Å². The highest BCUT2D eigenvalue weighted by Crippen LogP contribution is 2.29. The third kappa shape index (κ3) is 4.98. The van der Waals surface area contributed by atoms with E-state index in [1.807, 2.05) is 25.4 Å². The van der Waals surface area contributed by atoms with Crippen LogP contribution in [0.1, 0.15) is 24.1 Å². The first-order valence-electron chi connectivity index (χ1n) is 8.75. The lowest BCUT2D eigenvalue weighted by molar-refractivity contribution is 0.288. The van der Waals surface area contributed by atoms with E-state index >= 15 is 0 Å². The molecular weight excluding hydrogens is 314 g/mol. The molecule has 6 nitrogen and oxygen atoms in total. The maximum Gasteiger partial charge on any atom is 0.213 e. The third-order valence-electron chi connectivity index (χ3n) is 4.44. The van der Waals surface area contributed by atoms with E-state index in [-0.39, 0.29) is 0 Å². The first-order chi connectivity index (χ1) is 12.2. The molecule has 0 amide bonds. The average Bonchev–Trinajstić information content (AvgIpc) is 3.37. The van der Waals surface area contributed by atoms with Crippen LogP contribution in [0.15, 0.2) is 41.7 Å². The van der Waals surface area contributed by atoms with Crippen molar-refractivity contribution in [2.24, 2.45) is 18.0 Å². The van der Waals surface area contributed by atoms with Crippen LogP contribution in [0.4, 0.5) is 0 Å². The highest BCUT2D eigenvalue weighted by Gasteiger charge is 2.22. The summed E-state index contributed by atoms with van der Waals surface area (Å²) in [6, 6.07) is 8.16. The van der Waals surface area contributed by atoms with Crippen molar-refractivity contribution in [1.82, 2.24) is 19.8 Å². The molecule has 0 aromatic carbocycles. The van der Waals surface area contributed by atoms with Gasteiger partial charge in [0.05, 0.1) is 13.2 Å². The van der Waals surface area contributed by atoms with E-state index < -0.39 is 0 Å². The van der Waals surface area contributed by atoms with Crippen molar-refractivity contribution in [3.8, 4) is 5.88 Å². The SMILES string of the molecule is CN=C(NCc1ccc(OCC2CC2)nc1)N(C)Cc1cccn1C. The molecule has 0 saturated heterocycles. The summed E-state index contributed by atoms with van der Waals surface area (Å²) in [7, 11) is 5.89. The van der Waals surface area contributed by atoms with Gasteiger partial charge in [0.15, 0.2) is 5.96 Å². The Labute approximate surface area is 149 Å². The van der Waals surface area contributed by atoms with Crippen LogP contribution in [0.5, 0.6) is 5.88 Å². The highest BCUT2D eigenvalue weighted by atomic mass is 16.5. The molecule has 25 heavy (non-hydrogen) atoms. The molecule has 0 spiro atoms. The number of aliphatic imine (C=N–C) groups is 1.